The number of benzene rings is 6. The molecule has 6 aromatic rings. The van der Waals surface area contributed by atoms with E-state index in [0.717, 1.165) is 22.3 Å². The fourth-order valence-corrected chi connectivity index (χ4v) is 5.07. The van der Waals surface area contributed by atoms with Gasteiger partial charge in [0.2, 0.25) is 5.29 Å². The largest absolute Gasteiger partial charge is 0.261 e. The summed E-state index contributed by atoms with van der Waals surface area (Å²) in [5.41, 5.74) is 4.16. The maximum atomic E-state index is 6.16. The maximum Gasteiger partial charge on any atom is 0.223 e. The van der Waals surface area contributed by atoms with Crippen LogP contribution >= 0.6 is 11.6 Å². The first-order valence-corrected chi connectivity index (χ1v) is 12.8. The van der Waals surface area contributed by atoms with Crippen molar-refractivity contribution in [2.24, 2.45) is 15.0 Å². The van der Waals surface area contributed by atoms with Crippen molar-refractivity contribution in [3.05, 3.63) is 132 Å². The smallest absolute Gasteiger partial charge is 0.223 e. The second-order valence-electron chi connectivity index (χ2n) is 9.10. The van der Waals surface area contributed by atoms with Gasteiger partial charge in [0.1, 0.15) is 0 Å². The van der Waals surface area contributed by atoms with Gasteiger partial charge in [0.25, 0.3) is 0 Å². The Balaban J connectivity index is 1.48. The number of fused-ring (bicyclic) bond motifs is 6. The third-order valence-corrected chi connectivity index (χ3v) is 6.99. The molecule has 0 aliphatic rings. The van der Waals surface area contributed by atoms with Crippen LogP contribution in [-0.2, 0) is 6.54 Å². The normalized spacial score (nSPS) is 12.3. The molecule has 0 spiro atoms. The monoisotopic (exact) mass is 509 g/mol. The molecule has 0 aromatic heterocycles. The molecule has 38 heavy (non-hydrogen) atoms. The molecule has 3 nitrogen and oxygen atoms in total. The van der Waals surface area contributed by atoms with Gasteiger partial charge < -0.3 is 0 Å². The van der Waals surface area contributed by atoms with Crippen LogP contribution in [-0.4, -0.2) is 17.8 Å². The van der Waals surface area contributed by atoms with Gasteiger partial charge in [0.15, 0.2) is 5.84 Å². The molecular weight excluding hydrogens is 486 g/mol. The molecule has 0 atom stereocenters. The Kier molecular flexibility index (Phi) is 6.51. The number of aliphatic imine (C=N–C) groups is 3. The lowest BCUT2D eigenvalue weighted by atomic mass is 9.92. The van der Waals surface area contributed by atoms with E-state index in [-0.39, 0.29) is 5.29 Å². The highest BCUT2D eigenvalue weighted by Crippen LogP contribution is 2.37. The summed E-state index contributed by atoms with van der Waals surface area (Å²) in [5, 5.41) is 7.59. The predicted octanol–water partition coefficient (Wildman–Crippen LogP) is 9.06. The number of halogens is 1. The molecule has 0 radical (unpaired) electrons. The summed E-state index contributed by atoms with van der Waals surface area (Å²) in [6.07, 6.45) is 0. The van der Waals surface area contributed by atoms with E-state index in [9.17, 15) is 0 Å². The highest BCUT2D eigenvalue weighted by atomic mass is 35.5. The number of hydrogen-bond acceptors (Lipinski definition) is 1. The van der Waals surface area contributed by atoms with Gasteiger partial charge in [-0.05, 0) is 79.5 Å². The Morgan fingerprint density at radius 1 is 0.579 bits per heavy atom. The first-order chi connectivity index (χ1) is 18.7. The summed E-state index contributed by atoms with van der Waals surface area (Å²) in [6, 6.07) is 42.2. The second-order valence-corrected chi connectivity index (χ2v) is 9.43. The molecule has 182 valence electrons. The van der Waals surface area contributed by atoms with Gasteiger partial charge in [0, 0.05) is 5.56 Å². The number of nitrogens with zero attached hydrogens (tertiary/aromatic N) is 3. The van der Waals surface area contributed by atoms with E-state index < -0.39 is 0 Å². The molecular formula is C34H24ClN3. The van der Waals surface area contributed by atoms with E-state index in [1.54, 1.807) is 0 Å². The van der Waals surface area contributed by atoms with Crippen LogP contribution in [0.4, 0.5) is 0 Å². The predicted molar refractivity (Wildman–Crippen MR) is 164 cm³/mol. The van der Waals surface area contributed by atoms with E-state index in [4.69, 9.17) is 16.6 Å². The van der Waals surface area contributed by atoms with Crippen LogP contribution in [0.25, 0.3) is 43.4 Å². The van der Waals surface area contributed by atoms with Crippen molar-refractivity contribution in [1.82, 2.24) is 0 Å². The van der Waals surface area contributed by atoms with Gasteiger partial charge >= 0.3 is 0 Å². The number of rotatable bonds is 4. The molecule has 0 aliphatic heterocycles. The van der Waals surface area contributed by atoms with Crippen molar-refractivity contribution < 1.29 is 0 Å². The minimum atomic E-state index is 0.0614. The molecule has 0 fully saturated rings. The quantitative estimate of drug-likeness (QED) is 0.0983. The molecule has 4 heteroatoms. The van der Waals surface area contributed by atoms with Crippen LogP contribution < -0.4 is 0 Å². The Morgan fingerprint density at radius 2 is 1.16 bits per heavy atom. The Bertz CT molecular complexity index is 1840. The van der Waals surface area contributed by atoms with Crippen LogP contribution in [0.5, 0.6) is 0 Å². The van der Waals surface area contributed by atoms with E-state index in [2.05, 4.69) is 95.6 Å². The van der Waals surface area contributed by atoms with E-state index in [1.807, 2.05) is 42.5 Å². The van der Waals surface area contributed by atoms with Crippen molar-refractivity contribution in [2.75, 3.05) is 0 Å². The van der Waals surface area contributed by atoms with Crippen LogP contribution in [0.1, 0.15) is 11.1 Å². The highest BCUT2D eigenvalue weighted by molar-refractivity contribution is 6.66. The van der Waals surface area contributed by atoms with Gasteiger partial charge in [0.05, 0.1) is 6.54 Å². The molecule has 0 aliphatic carbocycles. The Hall–Kier alpha value is -4.60. The van der Waals surface area contributed by atoms with E-state index in [1.165, 1.54) is 32.3 Å². The first-order valence-electron chi connectivity index (χ1n) is 12.4. The lowest BCUT2D eigenvalue weighted by molar-refractivity contribution is 1.06. The summed E-state index contributed by atoms with van der Waals surface area (Å²) in [7, 11) is 0. The molecule has 6 aromatic carbocycles. The average molecular weight is 510 g/mol. The average Bonchev–Trinajstić information content (AvgIpc) is 2.99. The molecule has 6 rings (SSSR count). The summed E-state index contributed by atoms with van der Waals surface area (Å²) in [5.74, 6) is 0.519. The minimum absolute atomic E-state index is 0.0614. The van der Waals surface area contributed by atoms with E-state index in [0.29, 0.717) is 12.4 Å². The molecule has 0 bridgehead atoms. The van der Waals surface area contributed by atoms with Gasteiger partial charge in [-0.2, -0.15) is 4.99 Å². The van der Waals surface area contributed by atoms with Crippen molar-refractivity contribution in [3.63, 3.8) is 0 Å². The van der Waals surface area contributed by atoms with E-state index >= 15 is 0 Å². The summed E-state index contributed by atoms with van der Waals surface area (Å²) < 4.78 is 0. The lowest BCUT2D eigenvalue weighted by Crippen LogP contribution is -2.01. The van der Waals surface area contributed by atoms with Crippen molar-refractivity contribution >= 4 is 61.8 Å². The molecule has 0 unspecified atom stereocenters. The SMILES string of the molecule is C=NC(Cl)=NC(=NCc1ccccc1)c1cccc(-c2ccc3c4ccccc4c4ccccc4c3c2)c1. The molecule has 0 heterocycles. The molecule has 0 saturated carbocycles. The zero-order valence-electron chi connectivity index (χ0n) is 20.7. The highest BCUT2D eigenvalue weighted by Gasteiger charge is 2.11. The van der Waals surface area contributed by atoms with Crippen LogP contribution in [0.2, 0.25) is 0 Å². The topological polar surface area (TPSA) is 37.1 Å². The van der Waals surface area contributed by atoms with Crippen LogP contribution in [0, 0.1) is 0 Å². The number of hydrogen-bond donors (Lipinski definition) is 0. The third-order valence-electron chi connectivity index (χ3n) is 6.78. The molecule has 0 saturated heterocycles. The summed E-state index contributed by atoms with van der Waals surface area (Å²) in [6.45, 7) is 3.98. The fraction of sp³-hybridized carbons (Fsp3) is 0.0294. The maximum absolute atomic E-state index is 6.16. The number of amidine groups is 2. The first kappa shape index (κ1) is 23.8. The summed E-state index contributed by atoms with van der Waals surface area (Å²) >= 11 is 6.16. The standard InChI is InChI=1S/C34H24ClN3/c1-36-34(35)38-33(37-22-23-10-3-2-4-11-23)26-13-9-12-24(20-26)25-18-19-31-29-16-6-5-14-27(29)28-15-7-8-17-30(28)32(31)21-25/h2-21H,1,22H2. The Labute approximate surface area is 226 Å². The zero-order chi connectivity index (χ0) is 25.9. The van der Waals surface area contributed by atoms with Crippen molar-refractivity contribution in [2.45, 2.75) is 6.54 Å². The third kappa shape index (κ3) is 4.60. The zero-order valence-corrected chi connectivity index (χ0v) is 21.4. The van der Waals surface area contributed by atoms with Crippen LogP contribution in [0.3, 0.4) is 0 Å². The van der Waals surface area contributed by atoms with Crippen molar-refractivity contribution in [1.29, 1.82) is 0 Å². The van der Waals surface area contributed by atoms with Gasteiger partial charge in [-0.15, -0.1) is 0 Å². The van der Waals surface area contributed by atoms with Crippen molar-refractivity contribution in [3.8, 4) is 11.1 Å². The van der Waals surface area contributed by atoms with Crippen LogP contribution in [0.15, 0.2) is 136 Å². The lowest BCUT2D eigenvalue weighted by Gasteiger charge is -2.12. The van der Waals surface area contributed by atoms with Gasteiger partial charge in [-0.1, -0.05) is 109 Å². The molecule has 0 N–H and O–H groups in total. The summed E-state index contributed by atoms with van der Waals surface area (Å²) in [4.78, 5) is 13.0. The van der Waals surface area contributed by atoms with Gasteiger partial charge in [-0.25, -0.2) is 4.99 Å². The molecule has 0 amide bonds. The van der Waals surface area contributed by atoms with Gasteiger partial charge in [-0.3, -0.25) is 4.99 Å². The Morgan fingerprint density at radius 3 is 1.82 bits per heavy atom. The second kappa shape index (κ2) is 10.4. The fourth-order valence-electron chi connectivity index (χ4n) is 4.99. The minimum Gasteiger partial charge on any atom is -0.261 e.